The van der Waals surface area contributed by atoms with Crippen molar-refractivity contribution in [3.05, 3.63) is 18.0 Å². The van der Waals surface area contributed by atoms with Crippen molar-refractivity contribution in [2.75, 3.05) is 5.32 Å². The van der Waals surface area contributed by atoms with Gasteiger partial charge in [0.15, 0.2) is 5.65 Å². The number of amides is 1. The Kier molecular flexibility index (Phi) is 3.92. The minimum absolute atomic E-state index is 0.212. The van der Waals surface area contributed by atoms with E-state index in [-0.39, 0.29) is 6.04 Å². The van der Waals surface area contributed by atoms with Gasteiger partial charge < -0.3 is 11.1 Å². The summed E-state index contributed by atoms with van der Waals surface area (Å²) in [6, 6.07) is 0.212. The van der Waals surface area contributed by atoms with Crippen molar-refractivity contribution < 1.29 is 4.79 Å². The lowest BCUT2D eigenvalue weighted by molar-refractivity contribution is 0.100. The summed E-state index contributed by atoms with van der Waals surface area (Å²) in [6.45, 7) is 9.04. The van der Waals surface area contributed by atoms with Crippen LogP contribution in [0.2, 0.25) is 0 Å². The SMILES string of the molecule is CCn1ncc2c(NC(C)C(C)C)c(C(N)=O)cnc21. The number of hydrogen-bond acceptors (Lipinski definition) is 4. The van der Waals surface area contributed by atoms with Crippen LogP contribution in [0, 0.1) is 5.92 Å². The summed E-state index contributed by atoms with van der Waals surface area (Å²) < 4.78 is 1.80. The number of nitrogens with two attached hydrogens (primary N) is 1. The molecule has 6 nitrogen and oxygen atoms in total. The average molecular weight is 275 g/mol. The van der Waals surface area contributed by atoms with Gasteiger partial charge in [-0.1, -0.05) is 13.8 Å². The number of nitrogens with zero attached hydrogens (tertiary/aromatic N) is 3. The third-order valence-electron chi connectivity index (χ3n) is 3.60. The van der Waals surface area contributed by atoms with Crippen molar-refractivity contribution in [2.45, 2.75) is 40.3 Å². The van der Waals surface area contributed by atoms with Crippen LogP contribution < -0.4 is 11.1 Å². The number of anilines is 1. The molecule has 0 spiro atoms. The number of carbonyl (C=O) groups excluding carboxylic acids is 1. The van der Waals surface area contributed by atoms with Crippen molar-refractivity contribution in [3.8, 4) is 0 Å². The van der Waals surface area contributed by atoms with Crippen LogP contribution in [0.1, 0.15) is 38.1 Å². The van der Waals surface area contributed by atoms with Crippen LogP contribution in [0.25, 0.3) is 11.0 Å². The summed E-state index contributed by atoms with van der Waals surface area (Å²) in [5.41, 5.74) is 7.34. The van der Waals surface area contributed by atoms with E-state index in [9.17, 15) is 4.79 Å². The third kappa shape index (κ3) is 2.45. The van der Waals surface area contributed by atoms with Gasteiger partial charge in [-0.05, 0) is 19.8 Å². The first-order valence-corrected chi connectivity index (χ1v) is 6.86. The molecule has 20 heavy (non-hydrogen) atoms. The van der Waals surface area contributed by atoms with Gasteiger partial charge in [0.1, 0.15) is 0 Å². The highest BCUT2D eigenvalue weighted by Gasteiger charge is 2.18. The highest BCUT2D eigenvalue weighted by atomic mass is 16.1. The molecule has 0 aromatic carbocycles. The fourth-order valence-corrected chi connectivity index (χ4v) is 1.99. The largest absolute Gasteiger partial charge is 0.381 e. The number of primary amides is 1. The standard InChI is InChI=1S/C14H21N5O/c1-5-19-14-11(7-17-19)12(18-9(4)8(2)3)10(6-16-14)13(15)20/h6-9H,5H2,1-4H3,(H2,15,20)(H,16,18). The molecule has 2 heterocycles. The molecule has 0 fully saturated rings. The second-order valence-electron chi connectivity index (χ2n) is 5.29. The number of nitrogens with one attached hydrogen (secondary N) is 1. The number of aryl methyl sites for hydroxylation is 1. The van der Waals surface area contributed by atoms with Crippen LogP contribution >= 0.6 is 0 Å². The number of carbonyl (C=O) groups is 1. The summed E-state index contributed by atoms with van der Waals surface area (Å²) in [4.78, 5) is 15.9. The Labute approximate surface area is 118 Å². The number of pyridine rings is 1. The summed E-state index contributed by atoms with van der Waals surface area (Å²) in [7, 11) is 0. The van der Waals surface area contributed by atoms with Gasteiger partial charge in [0, 0.05) is 18.8 Å². The molecule has 0 radical (unpaired) electrons. The Morgan fingerprint density at radius 2 is 2.10 bits per heavy atom. The van der Waals surface area contributed by atoms with Gasteiger partial charge >= 0.3 is 0 Å². The molecule has 1 unspecified atom stereocenters. The predicted molar refractivity (Wildman–Crippen MR) is 79.6 cm³/mol. The fraction of sp³-hybridized carbons (Fsp3) is 0.500. The molecule has 2 aromatic rings. The molecule has 0 aliphatic carbocycles. The van der Waals surface area contributed by atoms with Crippen LogP contribution in [0.4, 0.5) is 5.69 Å². The molecular formula is C14H21N5O. The minimum atomic E-state index is -0.484. The van der Waals surface area contributed by atoms with E-state index in [0.29, 0.717) is 11.5 Å². The first-order chi connectivity index (χ1) is 9.45. The van der Waals surface area contributed by atoms with E-state index < -0.39 is 5.91 Å². The van der Waals surface area contributed by atoms with E-state index in [1.165, 1.54) is 6.20 Å². The van der Waals surface area contributed by atoms with E-state index in [1.807, 2.05) is 6.92 Å². The number of fused-ring (bicyclic) bond motifs is 1. The van der Waals surface area contributed by atoms with E-state index in [2.05, 4.69) is 36.2 Å². The summed E-state index contributed by atoms with van der Waals surface area (Å²) in [5.74, 6) is -0.0535. The molecule has 1 amide bonds. The normalized spacial score (nSPS) is 12.8. The summed E-state index contributed by atoms with van der Waals surface area (Å²) in [6.07, 6.45) is 3.25. The molecule has 2 rings (SSSR count). The zero-order chi connectivity index (χ0) is 14.9. The van der Waals surface area contributed by atoms with E-state index >= 15 is 0 Å². The molecule has 6 heteroatoms. The van der Waals surface area contributed by atoms with Crippen LogP contribution in [-0.2, 0) is 6.54 Å². The first-order valence-electron chi connectivity index (χ1n) is 6.86. The number of aromatic nitrogens is 3. The molecule has 0 saturated heterocycles. The van der Waals surface area contributed by atoms with E-state index in [0.717, 1.165) is 23.3 Å². The van der Waals surface area contributed by atoms with Crippen molar-refractivity contribution in [1.29, 1.82) is 0 Å². The maximum absolute atomic E-state index is 11.6. The molecule has 3 N–H and O–H groups in total. The topological polar surface area (TPSA) is 85.8 Å². The maximum Gasteiger partial charge on any atom is 0.252 e. The summed E-state index contributed by atoms with van der Waals surface area (Å²) >= 11 is 0. The van der Waals surface area contributed by atoms with Gasteiger partial charge in [-0.3, -0.25) is 4.79 Å². The van der Waals surface area contributed by atoms with Crippen LogP contribution in [0.3, 0.4) is 0 Å². The molecular weight excluding hydrogens is 254 g/mol. The second kappa shape index (κ2) is 5.48. The van der Waals surface area contributed by atoms with Crippen molar-refractivity contribution in [3.63, 3.8) is 0 Å². The lowest BCUT2D eigenvalue weighted by Crippen LogP contribution is -2.24. The smallest absolute Gasteiger partial charge is 0.252 e. The monoisotopic (exact) mass is 275 g/mol. The molecule has 0 bridgehead atoms. The molecule has 0 aliphatic rings. The molecule has 1 atom stereocenters. The van der Waals surface area contributed by atoms with Gasteiger partial charge in [-0.25, -0.2) is 9.67 Å². The Balaban J connectivity index is 2.59. The van der Waals surface area contributed by atoms with Gasteiger partial charge in [0.25, 0.3) is 5.91 Å². The van der Waals surface area contributed by atoms with E-state index in [4.69, 9.17) is 5.73 Å². The second-order valence-corrected chi connectivity index (χ2v) is 5.29. The fourth-order valence-electron chi connectivity index (χ4n) is 1.99. The Morgan fingerprint density at radius 3 is 2.65 bits per heavy atom. The van der Waals surface area contributed by atoms with Crippen LogP contribution in [0.15, 0.2) is 12.4 Å². The third-order valence-corrected chi connectivity index (χ3v) is 3.60. The van der Waals surface area contributed by atoms with Crippen LogP contribution in [0.5, 0.6) is 0 Å². The lowest BCUT2D eigenvalue weighted by atomic mass is 10.0. The van der Waals surface area contributed by atoms with Gasteiger partial charge in [-0.2, -0.15) is 5.10 Å². The highest BCUT2D eigenvalue weighted by molar-refractivity contribution is 6.05. The van der Waals surface area contributed by atoms with Crippen molar-refractivity contribution in [2.24, 2.45) is 11.7 Å². The molecule has 0 aliphatic heterocycles. The average Bonchev–Trinajstić information content (AvgIpc) is 2.81. The predicted octanol–water partition coefficient (Wildman–Crippen LogP) is 2.01. The quantitative estimate of drug-likeness (QED) is 0.874. The number of hydrogen-bond donors (Lipinski definition) is 2. The maximum atomic E-state index is 11.6. The number of rotatable bonds is 5. The van der Waals surface area contributed by atoms with Gasteiger partial charge in [0.2, 0.25) is 0 Å². The van der Waals surface area contributed by atoms with Crippen molar-refractivity contribution in [1.82, 2.24) is 14.8 Å². The highest BCUT2D eigenvalue weighted by Crippen LogP contribution is 2.27. The van der Waals surface area contributed by atoms with Crippen LogP contribution in [-0.4, -0.2) is 26.7 Å². The zero-order valence-electron chi connectivity index (χ0n) is 12.3. The first kappa shape index (κ1) is 14.3. The zero-order valence-corrected chi connectivity index (χ0v) is 12.3. The minimum Gasteiger partial charge on any atom is -0.381 e. The van der Waals surface area contributed by atoms with E-state index in [1.54, 1.807) is 10.9 Å². The summed E-state index contributed by atoms with van der Waals surface area (Å²) in [5, 5.41) is 8.50. The van der Waals surface area contributed by atoms with Gasteiger partial charge in [-0.15, -0.1) is 0 Å². The van der Waals surface area contributed by atoms with Gasteiger partial charge in [0.05, 0.1) is 22.8 Å². The van der Waals surface area contributed by atoms with Crippen molar-refractivity contribution >= 4 is 22.6 Å². The lowest BCUT2D eigenvalue weighted by Gasteiger charge is -2.20. The Bertz CT molecular complexity index is 632. The Morgan fingerprint density at radius 1 is 1.40 bits per heavy atom. The molecule has 0 saturated carbocycles. The molecule has 2 aromatic heterocycles. The Hall–Kier alpha value is -2.11. The molecule has 108 valence electrons.